The molecule has 150 valence electrons. The van der Waals surface area contributed by atoms with Crippen LogP contribution in [0.15, 0.2) is 0 Å². The highest BCUT2D eigenvalue weighted by atomic mass is 32.1. The third-order valence-corrected chi connectivity index (χ3v) is 3.97. The number of carboxylic acids is 1. The molecule has 0 spiro atoms. The lowest BCUT2D eigenvalue weighted by Crippen LogP contribution is -2.60. The van der Waals surface area contributed by atoms with E-state index in [1.165, 1.54) is 13.8 Å². The van der Waals surface area contributed by atoms with E-state index in [1.54, 1.807) is 13.8 Å². The predicted molar refractivity (Wildman–Crippen MR) is 97.4 cm³/mol. The van der Waals surface area contributed by atoms with Gasteiger partial charge in [-0.05, 0) is 19.8 Å². The minimum absolute atomic E-state index is 0.0457. The van der Waals surface area contributed by atoms with Crippen molar-refractivity contribution in [2.24, 2.45) is 11.7 Å². The number of carbonyl (C=O) groups excluding carboxylic acids is 3. The third kappa shape index (κ3) is 7.58. The first-order valence-electron chi connectivity index (χ1n) is 8.10. The number of aliphatic carboxylic acids is 1. The Hall–Kier alpha value is -1.85. The first-order chi connectivity index (χ1) is 11.9. The average Bonchev–Trinajstić information content (AvgIpc) is 2.55. The lowest BCUT2D eigenvalue weighted by atomic mass is 10.0. The molecule has 0 aromatic rings. The topological polar surface area (TPSA) is 171 Å². The first-order valence-corrected chi connectivity index (χ1v) is 8.74. The van der Waals surface area contributed by atoms with Crippen LogP contribution in [0.1, 0.15) is 27.7 Å². The number of carbonyl (C=O) groups is 4. The van der Waals surface area contributed by atoms with Gasteiger partial charge in [-0.15, -0.1) is 0 Å². The summed E-state index contributed by atoms with van der Waals surface area (Å²) < 4.78 is 0. The second kappa shape index (κ2) is 11.0. The smallest absolute Gasteiger partial charge is 0.325 e. The van der Waals surface area contributed by atoms with Gasteiger partial charge in [0.2, 0.25) is 17.7 Å². The predicted octanol–water partition coefficient (Wildman–Crippen LogP) is -2.16. The maximum atomic E-state index is 12.4. The number of nitrogens with one attached hydrogen (secondary N) is 3. The molecule has 0 saturated heterocycles. The zero-order chi connectivity index (χ0) is 20.6. The zero-order valence-corrected chi connectivity index (χ0v) is 16.1. The van der Waals surface area contributed by atoms with Crippen LogP contribution >= 0.6 is 12.6 Å². The third-order valence-electron chi connectivity index (χ3n) is 3.57. The van der Waals surface area contributed by atoms with Gasteiger partial charge < -0.3 is 31.9 Å². The van der Waals surface area contributed by atoms with Gasteiger partial charge >= 0.3 is 5.97 Å². The Balaban J connectivity index is 5.17. The molecule has 11 heteroatoms. The van der Waals surface area contributed by atoms with Gasteiger partial charge in [-0.25, -0.2) is 0 Å². The number of rotatable bonds is 10. The highest BCUT2D eigenvalue weighted by Gasteiger charge is 2.32. The molecular weight excluding hydrogens is 364 g/mol. The summed E-state index contributed by atoms with van der Waals surface area (Å²) in [5.41, 5.74) is 5.52. The molecule has 3 amide bonds. The van der Waals surface area contributed by atoms with E-state index in [0.29, 0.717) is 0 Å². The van der Waals surface area contributed by atoms with Gasteiger partial charge in [0.15, 0.2) is 0 Å². The molecule has 0 unspecified atom stereocenters. The number of hydrogen-bond donors (Lipinski definition) is 7. The van der Waals surface area contributed by atoms with E-state index in [2.05, 4.69) is 28.6 Å². The highest BCUT2D eigenvalue weighted by molar-refractivity contribution is 7.80. The van der Waals surface area contributed by atoms with E-state index in [4.69, 9.17) is 10.8 Å². The molecule has 10 nitrogen and oxygen atoms in total. The number of carboxylic acid groups (broad SMARTS) is 1. The summed E-state index contributed by atoms with van der Waals surface area (Å²) >= 11 is 3.89. The van der Waals surface area contributed by atoms with Crippen molar-refractivity contribution in [3.63, 3.8) is 0 Å². The quantitative estimate of drug-likeness (QED) is 0.207. The van der Waals surface area contributed by atoms with Crippen molar-refractivity contribution < 1.29 is 29.4 Å². The fourth-order valence-corrected chi connectivity index (χ4v) is 2.06. The molecule has 0 aromatic carbocycles. The Kier molecular flexibility index (Phi) is 10.2. The molecule has 0 rings (SSSR count). The number of amides is 3. The fourth-order valence-electron chi connectivity index (χ4n) is 1.89. The van der Waals surface area contributed by atoms with Crippen molar-refractivity contribution in [2.75, 3.05) is 5.75 Å². The lowest BCUT2D eigenvalue weighted by Gasteiger charge is -2.27. The summed E-state index contributed by atoms with van der Waals surface area (Å²) in [6, 6.07) is -4.49. The normalized spacial score (nSPS) is 16.8. The molecule has 0 saturated carbocycles. The summed E-state index contributed by atoms with van der Waals surface area (Å²) in [6.45, 7) is 5.90. The molecule has 7 N–H and O–H groups in total. The van der Waals surface area contributed by atoms with E-state index in [-0.39, 0.29) is 11.7 Å². The maximum Gasteiger partial charge on any atom is 0.325 e. The standard InChI is InChI=1S/C15H28N4O6S/c1-6(2)10(13(22)17-7(3)15(24)25)18-14(23)11(8(4)20)19-12(21)9(16)5-26/h6-11,20,26H,5,16H2,1-4H3,(H,17,22)(H,18,23)(H,19,21)(H,24,25)/t7-,8+,9-,10-,11-/m0/s1. The van der Waals surface area contributed by atoms with Crippen LogP contribution in [0.2, 0.25) is 0 Å². The highest BCUT2D eigenvalue weighted by Crippen LogP contribution is 2.05. The molecule has 0 aromatic heterocycles. The van der Waals surface area contributed by atoms with Crippen molar-refractivity contribution in [3.05, 3.63) is 0 Å². The molecule has 0 aliphatic carbocycles. The second-order valence-corrected chi connectivity index (χ2v) is 6.68. The van der Waals surface area contributed by atoms with Gasteiger partial charge in [0, 0.05) is 5.75 Å². The van der Waals surface area contributed by atoms with Crippen LogP contribution in [0.4, 0.5) is 0 Å². The van der Waals surface area contributed by atoms with Gasteiger partial charge in [-0.1, -0.05) is 13.8 Å². The Morgan fingerprint density at radius 1 is 0.923 bits per heavy atom. The van der Waals surface area contributed by atoms with Gasteiger partial charge in [0.25, 0.3) is 0 Å². The SMILES string of the molecule is CC(C)[C@H](NC(=O)[C@@H](NC(=O)[C@@H](N)CS)[C@@H](C)O)C(=O)N[C@@H](C)C(=O)O. The summed E-state index contributed by atoms with van der Waals surface area (Å²) in [7, 11) is 0. The molecule has 0 bridgehead atoms. The maximum absolute atomic E-state index is 12.4. The van der Waals surface area contributed by atoms with Crippen LogP contribution in [0.5, 0.6) is 0 Å². The number of hydrogen-bond acceptors (Lipinski definition) is 7. The monoisotopic (exact) mass is 392 g/mol. The lowest BCUT2D eigenvalue weighted by molar-refractivity contribution is -0.142. The van der Waals surface area contributed by atoms with Gasteiger partial charge in [0.1, 0.15) is 18.1 Å². The summed E-state index contributed by atoms with van der Waals surface area (Å²) in [6.07, 6.45) is -1.25. The van der Waals surface area contributed by atoms with Gasteiger partial charge in [-0.2, -0.15) is 12.6 Å². The van der Waals surface area contributed by atoms with Crippen molar-refractivity contribution in [1.82, 2.24) is 16.0 Å². The van der Waals surface area contributed by atoms with E-state index < -0.39 is 54.0 Å². The molecule has 5 atom stereocenters. The number of aliphatic hydroxyl groups is 1. The number of nitrogens with two attached hydrogens (primary N) is 1. The van der Waals surface area contributed by atoms with Crippen molar-refractivity contribution in [3.8, 4) is 0 Å². The van der Waals surface area contributed by atoms with Crippen LogP contribution in [0.25, 0.3) is 0 Å². The Morgan fingerprint density at radius 2 is 1.38 bits per heavy atom. The van der Waals surface area contributed by atoms with Gasteiger partial charge in [-0.3, -0.25) is 19.2 Å². The Labute approximate surface area is 157 Å². The summed E-state index contributed by atoms with van der Waals surface area (Å²) in [5, 5.41) is 25.7. The Bertz CT molecular complexity index is 528. The second-order valence-electron chi connectivity index (χ2n) is 6.31. The molecule has 0 radical (unpaired) electrons. The molecule has 26 heavy (non-hydrogen) atoms. The molecule has 0 heterocycles. The summed E-state index contributed by atoms with van der Waals surface area (Å²) in [5.74, 6) is -3.70. The zero-order valence-electron chi connectivity index (χ0n) is 15.2. The molecular formula is C15H28N4O6S. The van der Waals surface area contributed by atoms with E-state index >= 15 is 0 Å². The molecule has 0 aliphatic rings. The first kappa shape index (κ1) is 24.1. The summed E-state index contributed by atoms with van der Waals surface area (Å²) in [4.78, 5) is 47.4. The van der Waals surface area contributed by atoms with Crippen molar-refractivity contribution >= 4 is 36.3 Å². The minimum Gasteiger partial charge on any atom is -0.480 e. The van der Waals surface area contributed by atoms with Crippen LogP contribution in [-0.2, 0) is 19.2 Å². The molecule has 0 aliphatic heterocycles. The van der Waals surface area contributed by atoms with Crippen molar-refractivity contribution in [2.45, 2.75) is 58.0 Å². The van der Waals surface area contributed by atoms with Crippen LogP contribution in [0, 0.1) is 5.92 Å². The van der Waals surface area contributed by atoms with E-state index in [9.17, 15) is 24.3 Å². The average molecular weight is 392 g/mol. The van der Waals surface area contributed by atoms with Crippen LogP contribution < -0.4 is 21.7 Å². The van der Waals surface area contributed by atoms with E-state index in [0.717, 1.165) is 0 Å². The molecule has 0 fully saturated rings. The number of thiol groups is 1. The Morgan fingerprint density at radius 3 is 1.77 bits per heavy atom. The van der Waals surface area contributed by atoms with Gasteiger partial charge in [0.05, 0.1) is 12.1 Å². The van der Waals surface area contributed by atoms with E-state index in [1.807, 2.05) is 0 Å². The van der Waals surface area contributed by atoms with Crippen LogP contribution in [0.3, 0.4) is 0 Å². The fraction of sp³-hybridized carbons (Fsp3) is 0.733. The van der Waals surface area contributed by atoms with Crippen LogP contribution in [-0.4, -0.2) is 69.9 Å². The van der Waals surface area contributed by atoms with Crippen molar-refractivity contribution in [1.29, 1.82) is 0 Å². The number of aliphatic hydroxyl groups excluding tert-OH is 1. The largest absolute Gasteiger partial charge is 0.480 e. The minimum atomic E-state index is -1.33.